The van der Waals surface area contributed by atoms with Gasteiger partial charge in [-0.25, -0.2) is 24.5 Å². The number of ether oxygens (including phenoxy) is 1. The number of hydrogen-bond donors (Lipinski definition) is 1. The Morgan fingerprint density at radius 2 is 1.90 bits per heavy atom. The normalized spacial score (nSPS) is 18.3. The van der Waals surface area contributed by atoms with Crippen LogP contribution in [0, 0.1) is 6.92 Å². The number of benzene rings is 1. The van der Waals surface area contributed by atoms with E-state index in [1.165, 1.54) is 18.7 Å². The molecular formula is C29H27N9O2. The second-order valence-electron chi connectivity index (χ2n) is 10.1. The maximum Gasteiger partial charge on any atom is 0.246 e. The van der Waals surface area contributed by atoms with Gasteiger partial charge >= 0.3 is 0 Å². The molecule has 5 aromatic rings. The molecule has 0 saturated carbocycles. The number of amides is 1. The molecule has 2 fully saturated rings. The summed E-state index contributed by atoms with van der Waals surface area (Å²) >= 11 is 0. The smallest absolute Gasteiger partial charge is 0.246 e. The molecule has 7 rings (SSSR count). The van der Waals surface area contributed by atoms with E-state index in [0.29, 0.717) is 17.1 Å². The number of carbonyl (C=O) groups excluding carboxylic acids is 1. The number of piperazine rings is 1. The van der Waals surface area contributed by atoms with Crippen molar-refractivity contribution in [1.29, 1.82) is 0 Å². The third kappa shape index (κ3) is 4.25. The van der Waals surface area contributed by atoms with Crippen LogP contribution in [0.4, 0.5) is 17.3 Å². The first kappa shape index (κ1) is 24.0. The first-order valence-electron chi connectivity index (χ1n) is 13.2. The van der Waals surface area contributed by atoms with Crippen LogP contribution in [0.1, 0.15) is 18.4 Å². The van der Waals surface area contributed by atoms with Crippen LogP contribution in [0.2, 0.25) is 0 Å². The van der Waals surface area contributed by atoms with Crippen LogP contribution in [0.15, 0.2) is 74.0 Å². The highest BCUT2D eigenvalue weighted by Crippen LogP contribution is 2.34. The highest BCUT2D eigenvalue weighted by Gasteiger charge is 2.42. The van der Waals surface area contributed by atoms with Crippen molar-refractivity contribution in [1.82, 2.24) is 34.4 Å². The summed E-state index contributed by atoms with van der Waals surface area (Å²) in [6, 6.07) is 13.9. The number of nitrogens with zero attached hydrogens (tertiary/aromatic N) is 8. The Labute approximate surface area is 230 Å². The van der Waals surface area contributed by atoms with Gasteiger partial charge in [-0.3, -0.25) is 4.79 Å². The summed E-state index contributed by atoms with van der Waals surface area (Å²) < 4.78 is 7.80. The molecule has 2 atom stereocenters. The fourth-order valence-corrected chi connectivity index (χ4v) is 5.72. The SMILES string of the molecule is C=CC(=O)N1C2CCC1CN(c1ccc3ncnc(Nc4ccc(Oc5ccn6ncnc6c5)c(C)c4)c3n1)C2. The molecule has 0 radical (unpaired) electrons. The summed E-state index contributed by atoms with van der Waals surface area (Å²) in [6.07, 6.45) is 8.28. The number of anilines is 3. The summed E-state index contributed by atoms with van der Waals surface area (Å²) in [5, 5.41) is 7.53. The monoisotopic (exact) mass is 533 g/mol. The average Bonchev–Trinajstić information content (AvgIpc) is 3.54. The Balaban J connectivity index is 1.12. The molecule has 11 nitrogen and oxygen atoms in total. The number of aryl methyl sites for hydroxylation is 1. The first-order valence-corrected chi connectivity index (χ1v) is 13.2. The summed E-state index contributed by atoms with van der Waals surface area (Å²) in [5.74, 6) is 2.93. The van der Waals surface area contributed by atoms with Crippen LogP contribution < -0.4 is 15.0 Å². The van der Waals surface area contributed by atoms with Crippen molar-refractivity contribution in [3.8, 4) is 11.5 Å². The fraction of sp³-hybridized carbons (Fsp3) is 0.241. The molecule has 2 aliphatic rings. The molecule has 2 bridgehead atoms. The summed E-state index contributed by atoms with van der Waals surface area (Å²) in [5.41, 5.74) is 3.98. The van der Waals surface area contributed by atoms with Gasteiger partial charge in [0.05, 0.1) is 5.52 Å². The van der Waals surface area contributed by atoms with E-state index in [9.17, 15) is 4.79 Å². The van der Waals surface area contributed by atoms with Crippen molar-refractivity contribution >= 4 is 39.9 Å². The van der Waals surface area contributed by atoms with Gasteiger partial charge in [-0.15, -0.1) is 0 Å². The predicted octanol–water partition coefficient (Wildman–Crippen LogP) is 4.28. The summed E-state index contributed by atoms with van der Waals surface area (Å²) in [6.45, 7) is 7.16. The van der Waals surface area contributed by atoms with E-state index >= 15 is 0 Å². The van der Waals surface area contributed by atoms with Crippen LogP contribution in [0.25, 0.3) is 16.7 Å². The van der Waals surface area contributed by atoms with Crippen molar-refractivity contribution in [3.63, 3.8) is 0 Å². The molecule has 1 amide bonds. The number of aromatic nitrogens is 6. The van der Waals surface area contributed by atoms with Crippen LogP contribution >= 0.6 is 0 Å². The summed E-state index contributed by atoms with van der Waals surface area (Å²) in [4.78, 5) is 34.7. The lowest BCUT2D eigenvalue weighted by Crippen LogP contribution is -2.55. The van der Waals surface area contributed by atoms with Gasteiger partial charge in [0.1, 0.15) is 35.5 Å². The number of carbonyl (C=O) groups is 1. The maximum atomic E-state index is 12.4. The zero-order valence-corrected chi connectivity index (χ0v) is 21.9. The zero-order chi connectivity index (χ0) is 27.2. The fourth-order valence-electron chi connectivity index (χ4n) is 5.72. The minimum absolute atomic E-state index is 0.0154. The molecule has 1 N–H and O–H groups in total. The van der Waals surface area contributed by atoms with E-state index in [0.717, 1.165) is 59.9 Å². The van der Waals surface area contributed by atoms with E-state index in [4.69, 9.17) is 9.72 Å². The van der Waals surface area contributed by atoms with Crippen molar-refractivity contribution in [3.05, 3.63) is 79.5 Å². The van der Waals surface area contributed by atoms with Gasteiger partial charge in [0, 0.05) is 43.1 Å². The lowest BCUT2D eigenvalue weighted by atomic mass is 10.1. The largest absolute Gasteiger partial charge is 0.457 e. The van der Waals surface area contributed by atoms with Crippen LogP contribution in [-0.2, 0) is 4.79 Å². The van der Waals surface area contributed by atoms with Crippen LogP contribution in [0.5, 0.6) is 11.5 Å². The molecular weight excluding hydrogens is 506 g/mol. The minimum Gasteiger partial charge on any atom is -0.457 e. The zero-order valence-electron chi connectivity index (χ0n) is 21.9. The Morgan fingerprint density at radius 3 is 2.70 bits per heavy atom. The first-order chi connectivity index (χ1) is 19.6. The highest BCUT2D eigenvalue weighted by atomic mass is 16.5. The Hall–Kier alpha value is -5.06. The van der Waals surface area contributed by atoms with E-state index in [-0.39, 0.29) is 18.0 Å². The molecule has 2 aliphatic heterocycles. The average molecular weight is 534 g/mol. The maximum absolute atomic E-state index is 12.4. The molecule has 2 saturated heterocycles. The molecule has 6 heterocycles. The lowest BCUT2D eigenvalue weighted by Gasteiger charge is -2.41. The Kier molecular flexibility index (Phi) is 5.76. The van der Waals surface area contributed by atoms with E-state index < -0.39 is 0 Å². The number of rotatable bonds is 6. The van der Waals surface area contributed by atoms with Crippen molar-refractivity contribution in [2.75, 3.05) is 23.3 Å². The topological polar surface area (TPSA) is 114 Å². The highest BCUT2D eigenvalue weighted by molar-refractivity contribution is 5.89. The quantitative estimate of drug-likeness (QED) is 0.320. The Morgan fingerprint density at radius 1 is 1.05 bits per heavy atom. The second kappa shape index (κ2) is 9.60. The van der Waals surface area contributed by atoms with Gasteiger partial charge in [0.15, 0.2) is 11.5 Å². The molecule has 2 unspecified atom stereocenters. The van der Waals surface area contributed by atoms with Gasteiger partial charge in [0.2, 0.25) is 5.91 Å². The van der Waals surface area contributed by atoms with Gasteiger partial charge < -0.3 is 19.9 Å². The van der Waals surface area contributed by atoms with Crippen LogP contribution in [-0.4, -0.2) is 65.5 Å². The van der Waals surface area contributed by atoms with Crippen molar-refractivity contribution in [2.24, 2.45) is 0 Å². The van der Waals surface area contributed by atoms with E-state index in [1.54, 1.807) is 4.52 Å². The third-order valence-electron chi connectivity index (χ3n) is 7.62. The lowest BCUT2D eigenvalue weighted by molar-refractivity contribution is -0.129. The molecule has 4 aromatic heterocycles. The number of hydrogen-bond acceptors (Lipinski definition) is 9. The Bertz CT molecular complexity index is 1750. The number of fused-ring (bicyclic) bond motifs is 4. The molecule has 40 heavy (non-hydrogen) atoms. The second-order valence-corrected chi connectivity index (χ2v) is 10.1. The standard InChI is InChI=1S/C29H27N9O2/c1-3-27(39)38-20-5-6-21(38)15-36(14-20)25-9-7-23-28(35-25)29(32-16-30-23)34-19-4-8-24(18(2)12-19)40-22-10-11-37-26(13-22)31-17-33-37/h3-4,7-13,16-17,20-21H,1,5-6,14-15H2,2H3,(H,30,32,34). The minimum atomic E-state index is 0.0154. The van der Waals surface area contributed by atoms with E-state index in [1.807, 2.05) is 60.5 Å². The summed E-state index contributed by atoms with van der Waals surface area (Å²) in [7, 11) is 0. The van der Waals surface area contributed by atoms with Crippen LogP contribution in [0.3, 0.4) is 0 Å². The van der Waals surface area contributed by atoms with Crippen molar-refractivity contribution < 1.29 is 9.53 Å². The third-order valence-corrected chi connectivity index (χ3v) is 7.62. The number of pyridine rings is 2. The van der Waals surface area contributed by atoms with Gasteiger partial charge in [-0.2, -0.15) is 5.10 Å². The van der Waals surface area contributed by atoms with Gasteiger partial charge in [-0.05, 0) is 67.8 Å². The molecule has 1 aromatic carbocycles. The molecule has 0 aliphatic carbocycles. The predicted molar refractivity (Wildman–Crippen MR) is 151 cm³/mol. The van der Waals surface area contributed by atoms with Gasteiger partial charge in [-0.1, -0.05) is 6.58 Å². The van der Waals surface area contributed by atoms with Crippen molar-refractivity contribution in [2.45, 2.75) is 31.8 Å². The van der Waals surface area contributed by atoms with Gasteiger partial charge in [0.25, 0.3) is 0 Å². The van der Waals surface area contributed by atoms with E-state index in [2.05, 4.69) is 36.8 Å². The molecule has 200 valence electrons. The number of nitrogens with one attached hydrogen (secondary N) is 1. The molecule has 0 spiro atoms. The molecule has 11 heteroatoms.